The molecule has 0 saturated heterocycles. The summed E-state index contributed by atoms with van der Waals surface area (Å²) in [6, 6.07) is 3.70. The highest BCUT2D eigenvalue weighted by Crippen LogP contribution is 2.29. The van der Waals surface area contributed by atoms with Gasteiger partial charge in [-0.1, -0.05) is 0 Å². The van der Waals surface area contributed by atoms with Crippen LogP contribution in [0, 0.1) is 0 Å². The fourth-order valence-corrected chi connectivity index (χ4v) is 2.41. The molecule has 0 amide bonds. The molecule has 0 bridgehead atoms. The van der Waals surface area contributed by atoms with Crippen LogP contribution >= 0.6 is 0 Å². The third kappa shape index (κ3) is 2.45. The van der Waals surface area contributed by atoms with E-state index in [0.717, 1.165) is 5.39 Å². The fraction of sp³-hybridized carbons (Fsp3) is 0.333. The van der Waals surface area contributed by atoms with Gasteiger partial charge in [0.2, 0.25) is 0 Å². The van der Waals surface area contributed by atoms with Gasteiger partial charge in [0.1, 0.15) is 35.6 Å². The third-order valence-electron chi connectivity index (χ3n) is 3.13. The van der Waals surface area contributed by atoms with Crippen LogP contribution in [0.5, 0.6) is 0 Å². The van der Waals surface area contributed by atoms with Crippen LogP contribution in [-0.4, -0.2) is 31.1 Å². The Bertz CT molecular complexity index is 863. The topological polar surface area (TPSA) is 95.9 Å². The van der Waals surface area contributed by atoms with Crippen molar-refractivity contribution < 1.29 is 9.53 Å². The molecule has 3 aromatic heterocycles. The van der Waals surface area contributed by atoms with E-state index in [4.69, 9.17) is 10.5 Å². The third-order valence-corrected chi connectivity index (χ3v) is 3.13. The number of nitrogens with two attached hydrogens (primary N) is 1. The van der Waals surface area contributed by atoms with Crippen molar-refractivity contribution in [2.75, 3.05) is 5.73 Å². The number of rotatable bonds is 2. The highest BCUT2D eigenvalue weighted by atomic mass is 16.6. The highest BCUT2D eigenvalue weighted by molar-refractivity contribution is 6.10. The number of anilines is 1. The zero-order valence-corrected chi connectivity index (χ0v) is 12.7. The van der Waals surface area contributed by atoms with Crippen molar-refractivity contribution in [1.29, 1.82) is 0 Å². The van der Waals surface area contributed by atoms with Gasteiger partial charge in [0.05, 0.1) is 5.39 Å². The predicted molar refractivity (Wildman–Crippen MR) is 83.1 cm³/mol. The van der Waals surface area contributed by atoms with Gasteiger partial charge in [0.15, 0.2) is 0 Å². The maximum atomic E-state index is 12.2. The summed E-state index contributed by atoms with van der Waals surface area (Å²) >= 11 is 0. The van der Waals surface area contributed by atoms with Gasteiger partial charge in [-0.05, 0) is 32.9 Å². The second kappa shape index (κ2) is 4.94. The number of ether oxygens (including phenoxy) is 1. The summed E-state index contributed by atoms with van der Waals surface area (Å²) in [7, 11) is 0. The zero-order chi connectivity index (χ0) is 15.9. The molecule has 0 aromatic carbocycles. The number of carbonyl (C=O) groups is 1. The molecule has 0 radical (unpaired) electrons. The second-order valence-electron chi connectivity index (χ2n) is 6.00. The van der Waals surface area contributed by atoms with Crippen LogP contribution in [0.4, 0.5) is 5.82 Å². The van der Waals surface area contributed by atoms with Crippen molar-refractivity contribution in [3.05, 3.63) is 24.7 Å². The average molecular weight is 299 g/mol. The molecule has 3 heterocycles. The monoisotopic (exact) mass is 299 g/mol. The molecule has 0 aliphatic heterocycles. The molecule has 3 aromatic rings. The molecule has 0 unspecified atom stereocenters. The van der Waals surface area contributed by atoms with E-state index in [1.165, 1.54) is 6.33 Å². The molecule has 3 rings (SSSR count). The van der Waals surface area contributed by atoms with E-state index in [1.807, 2.05) is 32.9 Å². The molecule has 0 saturated carbocycles. The highest BCUT2D eigenvalue weighted by Gasteiger charge is 2.21. The lowest BCUT2D eigenvalue weighted by atomic mass is 10.2. The summed E-state index contributed by atoms with van der Waals surface area (Å²) in [6.07, 6.45) is 3.04. The van der Waals surface area contributed by atoms with E-state index in [-0.39, 0.29) is 12.5 Å². The molecule has 0 aliphatic carbocycles. The number of pyridine rings is 1. The number of hydrogen-bond acceptors (Lipinski definition) is 6. The molecule has 0 atom stereocenters. The van der Waals surface area contributed by atoms with Gasteiger partial charge in [-0.2, -0.15) is 0 Å². The summed E-state index contributed by atoms with van der Waals surface area (Å²) in [5, 5.41) is 1.52. The molecule has 0 aliphatic rings. The largest absolute Gasteiger partial charge is 0.459 e. The van der Waals surface area contributed by atoms with Crippen molar-refractivity contribution in [1.82, 2.24) is 19.5 Å². The van der Waals surface area contributed by atoms with Gasteiger partial charge in [0, 0.05) is 11.6 Å². The van der Waals surface area contributed by atoms with Gasteiger partial charge in [0.25, 0.3) is 0 Å². The number of aromatic nitrogens is 4. The minimum atomic E-state index is -0.544. The minimum absolute atomic E-state index is 0.0186. The van der Waals surface area contributed by atoms with E-state index < -0.39 is 5.60 Å². The van der Waals surface area contributed by atoms with E-state index >= 15 is 0 Å². The Labute approximate surface area is 127 Å². The van der Waals surface area contributed by atoms with Crippen LogP contribution in [0.1, 0.15) is 20.8 Å². The van der Waals surface area contributed by atoms with Gasteiger partial charge in [-0.15, -0.1) is 0 Å². The van der Waals surface area contributed by atoms with Crippen LogP contribution in [0.15, 0.2) is 24.7 Å². The van der Waals surface area contributed by atoms with E-state index in [9.17, 15) is 4.79 Å². The Morgan fingerprint density at radius 1 is 1.27 bits per heavy atom. The number of nitrogens with zero attached hydrogens (tertiary/aromatic N) is 4. The predicted octanol–water partition coefficient (Wildman–Crippen LogP) is 1.90. The maximum Gasteiger partial charge on any atom is 0.326 e. The molecule has 22 heavy (non-hydrogen) atoms. The number of hydrogen-bond donors (Lipinski definition) is 1. The Morgan fingerprint density at radius 2 is 2.05 bits per heavy atom. The maximum absolute atomic E-state index is 12.2. The molecule has 7 heteroatoms. The summed E-state index contributed by atoms with van der Waals surface area (Å²) in [6.45, 7) is 5.50. The Kier molecular flexibility index (Phi) is 3.20. The summed E-state index contributed by atoms with van der Waals surface area (Å²) in [5.41, 5.74) is 6.63. The normalized spacial score (nSPS) is 12.0. The van der Waals surface area contributed by atoms with Crippen LogP contribution < -0.4 is 5.73 Å². The lowest BCUT2D eigenvalue weighted by molar-refractivity contribution is -0.155. The first-order chi connectivity index (χ1) is 10.4. The van der Waals surface area contributed by atoms with Gasteiger partial charge in [-0.25, -0.2) is 15.0 Å². The van der Waals surface area contributed by atoms with E-state index in [1.54, 1.807) is 10.8 Å². The molecular weight excluding hydrogens is 282 g/mol. The van der Waals surface area contributed by atoms with Crippen molar-refractivity contribution in [3.8, 4) is 0 Å². The van der Waals surface area contributed by atoms with Crippen molar-refractivity contribution in [2.45, 2.75) is 32.9 Å². The average Bonchev–Trinajstić information content (AvgIpc) is 2.73. The quantitative estimate of drug-likeness (QED) is 0.726. The van der Waals surface area contributed by atoms with Crippen molar-refractivity contribution in [3.63, 3.8) is 0 Å². The molecule has 114 valence electrons. The first kappa shape index (κ1) is 14.2. The van der Waals surface area contributed by atoms with Crippen molar-refractivity contribution in [2.24, 2.45) is 0 Å². The Hall–Kier alpha value is -2.70. The van der Waals surface area contributed by atoms with Crippen LogP contribution in [0.3, 0.4) is 0 Å². The smallest absolute Gasteiger partial charge is 0.326 e. The van der Waals surface area contributed by atoms with Crippen LogP contribution in [-0.2, 0) is 16.1 Å². The summed E-state index contributed by atoms with van der Waals surface area (Å²) in [5.74, 6) is 0.0140. The zero-order valence-electron chi connectivity index (χ0n) is 12.7. The summed E-state index contributed by atoms with van der Waals surface area (Å²) < 4.78 is 7.08. The SMILES string of the molecule is CC(C)(C)OC(=O)Cn1c2ncccc2c2c(N)ncnc21. The summed E-state index contributed by atoms with van der Waals surface area (Å²) in [4.78, 5) is 24.8. The lowest BCUT2D eigenvalue weighted by Crippen LogP contribution is -2.26. The lowest BCUT2D eigenvalue weighted by Gasteiger charge is -2.19. The number of esters is 1. The van der Waals surface area contributed by atoms with Crippen LogP contribution in [0.2, 0.25) is 0 Å². The number of carbonyl (C=O) groups excluding carboxylic acids is 1. The van der Waals surface area contributed by atoms with Crippen molar-refractivity contribution >= 4 is 33.9 Å². The molecule has 0 fully saturated rings. The number of fused-ring (bicyclic) bond motifs is 3. The first-order valence-electron chi connectivity index (χ1n) is 6.92. The van der Waals surface area contributed by atoms with Crippen LogP contribution in [0.25, 0.3) is 22.1 Å². The van der Waals surface area contributed by atoms with E-state index in [0.29, 0.717) is 22.5 Å². The first-order valence-corrected chi connectivity index (χ1v) is 6.92. The minimum Gasteiger partial charge on any atom is -0.459 e. The van der Waals surface area contributed by atoms with Gasteiger partial charge < -0.3 is 10.5 Å². The molecule has 0 spiro atoms. The standard InChI is InChI=1S/C15H17N5O2/c1-15(2,3)22-10(21)7-20-13-9(5-4-6-17-13)11-12(16)18-8-19-14(11)20/h4-6,8H,7H2,1-3H3,(H2,16,18,19). The fourth-order valence-electron chi connectivity index (χ4n) is 2.41. The Morgan fingerprint density at radius 3 is 2.77 bits per heavy atom. The number of nitrogen functional groups attached to an aromatic ring is 1. The second-order valence-corrected chi connectivity index (χ2v) is 6.00. The van der Waals surface area contributed by atoms with E-state index in [2.05, 4.69) is 15.0 Å². The molecule has 7 nitrogen and oxygen atoms in total. The van der Waals surface area contributed by atoms with Gasteiger partial charge >= 0.3 is 5.97 Å². The Balaban J connectivity index is 2.15. The van der Waals surface area contributed by atoms with Gasteiger partial charge in [-0.3, -0.25) is 9.36 Å². The molecular formula is C15H17N5O2. The molecule has 2 N–H and O–H groups in total.